The Balaban J connectivity index is 1.91. The molecule has 1 aromatic carbocycles. The smallest absolute Gasteiger partial charge is 0.283 e. The van der Waals surface area contributed by atoms with E-state index < -0.39 is 0 Å². The zero-order valence-electron chi connectivity index (χ0n) is 16.7. The maximum absolute atomic E-state index is 13.1. The van der Waals surface area contributed by atoms with Gasteiger partial charge < -0.3 is 10.3 Å². The molecule has 0 saturated heterocycles. The van der Waals surface area contributed by atoms with Gasteiger partial charge in [-0.25, -0.2) is 4.98 Å². The van der Waals surface area contributed by atoms with Crippen LogP contribution in [-0.4, -0.2) is 32.7 Å². The molecular formula is C21H26N4O2S. The predicted molar refractivity (Wildman–Crippen MR) is 114 cm³/mol. The molecule has 2 aromatic heterocycles. The first kappa shape index (κ1) is 20.2. The number of nitrogens with one attached hydrogen (secondary N) is 2. The van der Waals surface area contributed by atoms with Crippen LogP contribution in [0, 0.1) is 19.8 Å². The van der Waals surface area contributed by atoms with Crippen LogP contribution < -0.4 is 10.9 Å². The van der Waals surface area contributed by atoms with E-state index >= 15 is 0 Å². The third-order valence-corrected chi connectivity index (χ3v) is 5.36. The standard InChI is InChI=1S/C21H26N4O2S/c1-13(2)9-10-22-18(26)12-28-21-24-17-11-15(4)23-19(17)20(27)25(21)16-7-5-14(3)6-8-16/h5-8,11,13,23H,9-10,12H2,1-4H3,(H,22,26). The van der Waals surface area contributed by atoms with Crippen molar-refractivity contribution in [3.05, 3.63) is 51.9 Å². The predicted octanol–water partition coefficient (Wildman–Crippen LogP) is 3.59. The van der Waals surface area contributed by atoms with Gasteiger partial charge in [-0.2, -0.15) is 0 Å². The Kier molecular flexibility index (Phi) is 6.24. The van der Waals surface area contributed by atoms with Gasteiger partial charge >= 0.3 is 0 Å². The Morgan fingerprint density at radius 1 is 1.25 bits per heavy atom. The molecule has 2 N–H and O–H groups in total. The van der Waals surface area contributed by atoms with E-state index in [0.29, 0.717) is 28.7 Å². The highest BCUT2D eigenvalue weighted by molar-refractivity contribution is 7.99. The van der Waals surface area contributed by atoms with E-state index in [2.05, 4.69) is 29.1 Å². The van der Waals surface area contributed by atoms with Crippen LogP contribution in [0.4, 0.5) is 0 Å². The van der Waals surface area contributed by atoms with Crippen LogP contribution in [0.1, 0.15) is 31.5 Å². The molecule has 0 radical (unpaired) electrons. The lowest BCUT2D eigenvalue weighted by molar-refractivity contribution is -0.118. The number of nitrogens with zero attached hydrogens (tertiary/aromatic N) is 2. The minimum absolute atomic E-state index is 0.0549. The quantitative estimate of drug-likeness (QED) is 0.471. The lowest BCUT2D eigenvalue weighted by Gasteiger charge is -2.12. The maximum atomic E-state index is 13.1. The van der Waals surface area contributed by atoms with Gasteiger partial charge in [-0.3, -0.25) is 14.2 Å². The summed E-state index contributed by atoms with van der Waals surface area (Å²) in [6, 6.07) is 9.56. The van der Waals surface area contributed by atoms with Gasteiger partial charge in [0, 0.05) is 12.2 Å². The second kappa shape index (κ2) is 8.65. The molecular weight excluding hydrogens is 372 g/mol. The minimum Gasteiger partial charge on any atom is -0.355 e. The summed E-state index contributed by atoms with van der Waals surface area (Å²) in [5.74, 6) is 0.701. The number of hydrogen-bond donors (Lipinski definition) is 2. The van der Waals surface area contributed by atoms with E-state index in [1.807, 2.05) is 44.2 Å². The first-order valence-electron chi connectivity index (χ1n) is 9.44. The number of carbonyl (C=O) groups excluding carboxylic acids is 1. The van der Waals surface area contributed by atoms with Crippen LogP contribution >= 0.6 is 11.8 Å². The molecule has 0 atom stereocenters. The first-order chi connectivity index (χ1) is 13.3. The number of aryl methyl sites for hydroxylation is 2. The van der Waals surface area contributed by atoms with Crippen LogP contribution in [0.2, 0.25) is 0 Å². The summed E-state index contributed by atoms with van der Waals surface area (Å²) in [5.41, 5.74) is 3.66. The second-order valence-corrected chi connectivity index (χ2v) is 8.35. The van der Waals surface area contributed by atoms with Crippen LogP contribution in [0.5, 0.6) is 0 Å². The van der Waals surface area contributed by atoms with Gasteiger partial charge in [0.05, 0.1) is 17.0 Å². The van der Waals surface area contributed by atoms with Crippen molar-refractivity contribution in [2.45, 2.75) is 39.3 Å². The van der Waals surface area contributed by atoms with Crippen LogP contribution in [-0.2, 0) is 4.79 Å². The molecule has 0 spiro atoms. The van der Waals surface area contributed by atoms with Crippen molar-refractivity contribution in [2.24, 2.45) is 5.92 Å². The fraction of sp³-hybridized carbons (Fsp3) is 0.381. The number of hydrogen-bond acceptors (Lipinski definition) is 4. The number of carbonyl (C=O) groups is 1. The summed E-state index contributed by atoms with van der Waals surface area (Å²) < 4.78 is 1.57. The molecule has 0 fully saturated rings. The van der Waals surface area contributed by atoms with E-state index in [1.54, 1.807) is 4.57 Å². The highest BCUT2D eigenvalue weighted by Crippen LogP contribution is 2.22. The molecule has 0 saturated carbocycles. The van der Waals surface area contributed by atoms with Crippen LogP contribution in [0.15, 0.2) is 40.3 Å². The van der Waals surface area contributed by atoms with E-state index in [9.17, 15) is 9.59 Å². The van der Waals surface area contributed by atoms with E-state index in [0.717, 1.165) is 23.4 Å². The molecule has 3 aromatic rings. The van der Waals surface area contributed by atoms with Crippen LogP contribution in [0.3, 0.4) is 0 Å². The van der Waals surface area contributed by atoms with Gasteiger partial charge in [0.25, 0.3) is 5.56 Å². The molecule has 0 aliphatic carbocycles. The van der Waals surface area contributed by atoms with Crippen molar-refractivity contribution in [1.29, 1.82) is 0 Å². The number of amides is 1. The monoisotopic (exact) mass is 398 g/mol. The van der Waals surface area contributed by atoms with Gasteiger partial charge in [0.1, 0.15) is 5.52 Å². The van der Waals surface area contributed by atoms with Gasteiger partial charge in [-0.05, 0) is 44.4 Å². The zero-order chi connectivity index (χ0) is 20.3. The van der Waals surface area contributed by atoms with E-state index in [1.165, 1.54) is 11.8 Å². The molecule has 0 aliphatic rings. The highest BCUT2D eigenvalue weighted by Gasteiger charge is 2.16. The summed E-state index contributed by atoms with van der Waals surface area (Å²) in [7, 11) is 0. The lowest BCUT2D eigenvalue weighted by Crippen LogP contribution is -2.28. The summed E-state index contributed by atoms with van der Waals surface area (Å²) >= 11 is 1.28. The summed E-state index contributed by atoms with van der Waals surface area (Å²) in [5, 5.41) is 3.44. The average Bonchev–Trinajstić information content (AvgIpc) is 3.01. The number of H-pyrrole nitrogens is 1. The third-order valence-electron chi connectivity index (χ3n) is 4.42. The van der Waals surface area contributed by atoms with Crippen molar-refractivity contribution in [3.63, 3.8) is 0 Å². The lowest BCUT2D eigenvalue weighted by atomic mass is 10.1. The van der Waals surface area contributed by atoms with Crippen molar-refractivity contribution < 1.29 is 4.79 Å². The fourth-order valence-electron chi connectivity index (χ4n) is 2.88. The molecule has 2 heterocycles. The largest absolute Gasteiger partial charge is 0.355 e. The molecule has 7 heteroatoms. The SMILES string of the molecule is Cc1ccc(-n2c(SCC(=O)NCCC(C)C)nc3cc(C)[nH]c3c2=O)cc1. The second-order valence-electron chi connectivity index (χ2n) is 7.40. The maximum Gasteiger partial charge on any atom is 0.283 e. The molecule has 3 rings (SSSR count). The Labute approximate surface area is 168 Å². The normalized spacial score (nSPS) is 11.3. The number of thioether (sulfide) groups is 1. The number of benzene rings is 1. The molecule has 6 nitrogen and oxygen atoms in total. The topological polar surface area (TPSA) is 79.8 Å². The van der Waals surface area contributed by atoms with E-state index in [-0.39, 0.29) is 17.2 Å². The number of aromatic amines is 1. The number of rotatable bonds is 7. The Bertz CT molecular complexity index is 1030. The Morgan fingerprint density at radius 2 is 1.96 bits per heavy atom. The molecule has 0 bridgehead atoms. The molecule has 28 heavy (non-hydrogen) atoms. The molecule has 148 valence electrons. The molecule has 1 amide bonds. The number of fused-ring (bicyclic) bond motifs is 1. The fourth-order valence-corrected chi connectivity index (χ4v) is 3.72. The minimum atomic E-state index is -0.162. The molecule has 0 aliphatic heterocycles. The Hall–Kier alpha value is -2.54. The van der Waals surface area contributed by atoms with Gasteiger partial charge in [-0.1, -0.05) is 43.3 Å². The average molecular weight is 399 g/mol. The first-order valence-corrected chi connectivity index (χ1v) is 10.4. The van der Waals surface area contributed by atoms with Crippen molar-refractivity contribution in [2.75, 3.05) is 12.3 Å². The number of aromatic nitrogens is 3. The third kappa shape index (κ3) is 4.65. The highest BCUT2D eigenvalue weighted by atomic mass is 32.2. The summed E-state index contributed by atoms with van der Waals surface area (Å²) in [4.78, 5) is 33.1. The summed E-state index contributed by atoms with van der Waals surface area (Å²) in [6.07, 6.45) is 0.942. The van der Waals surface area contributed by atoms with Gasteiger partial charge in [0.15, 0.2) is 5.16 Å². The van der Waals surface area contributed by atoms with Gasteiger partial charge in [0.2, 0.25) is 5.91 Å². The summed E-state index contributed by atoms with van der Waals surface area (Å²) in [6.45, 7) is 8.80. The van der Waals surface area contributed by atoms with Crippen molar-refractivity contribution >= 4 is 28.7 Å². The van der Waals surface area contributed by atoms with Gasteiger partial charge in [-0.15, -0.1) is 0 Å². The molecule has 0 unspecified atom stereocenters. The van der Waals surface area contributed by atoms with Crippen LogP contribution in [0.25, 0.3) is 16.7 Å². The van der Waals surface area contributed by atoms with E-state index in [4.69, 9.17) is 0 Å². The Morgan fingerprint density at radius 3 is 2.64 bits per heavy atom. The van der Waals surface area contributed by atoms with Crippen molar-refractivity contribution in [1.82, 2.24) is 19.9 Å². The van der Waals surface area contributed by atoms with Crippen molar-refractivity contribution in [3.8, 4) is 5.69 Å². The zero-order valence-corrected chi connectivity index (χ0v) is 17.5.